The minimum Gasteiger partial charge on any atom is -0.300 e. The fourth-order valence-electron chi connectivity index (χ4n) is 1.18. The zero-order chi connectivity index (χ0) is 9.56. The maximum atomic E-state index is 10.7. The first kappa shape index (κ1) is 11.2. The number of nitrogens with zero attached hydrogens (tertiary/aromatic N) is 1. The van der Waals surface area contributed by atoms with Crippen LogP contribution in [0.5, 0.6) is 0 Å². The van der Waals surface area contributed by atoms with E-state index in [-0.39, 0.29) is 5.78 Å². The fourth-order valence-corrected chi connectivity index (χ4v) is 1.18. The van der Waals surface area contributed by atoms with Crippen LogP contribution in [0.4, 0.5) is 0 Å². The fraction of sp³-hybridized carbons (Fsp3) is 0.800. The van der Waals surface area contributed by atoms with Gasteiger partial charge in [-0.25, -0.2) is 0 Å². The van der Waals surface area contributed by atoms with Gasteiger partial charge in [0.15, 0.2) is 0 Å². The van der Waals surface area contributed by atoms with Gasteiger partial charge in [-0.05, 0) is 25.2 Å². The van der Waals surface area contributed by atoms with Crippen LogP contribution in [0.3, 0.4) is 0 Å². The van der Waals surface area contributed by atoms with Gasteiger partial charge in [-0.15, -0.1) is 0 Å². The molecule has 0 fully saturated rings. The molecular weight excluding hydrogens is 150 g/mol. The monoisotopic (exact) mass is 167 g/mol. The van der Waals surface area contributed by atoms with Gasteiger partial charge < -0.3 is 4.79 Å². The molecule has 0 spiro atoms. The van der Waals surface area contributed by atoms with Crippen molar-refractivity contribution in [1.82, 2.24) is 0 Å². The topological polar surface area (TPSA) is 40.9 Å². The molecule has 0 aliphatic carbocycles. The molecule has 1 unspecified atom stereocenters. The highest BCUT2D eigenvalue weighted by Crippen LogP contribution is 2.20. The second-order valence-electron chi connectivity index (χ2n) is 3.61. The lowest BCUT2D eigenvalue weighted by Gasteiger charge is -2.16. The number of carbonyl (C=O) groups excluding carboxylic acids is 1. The molecule has 0 heterocycles. The Bertz CT molecular complexity index is 179. The van der Waals surface area contributed by atoms with Crippen LogP contribution in [0.1, 0.15) is 40.0 Å². The summed E-state index contributed by atoms with van der Waals surface area (Å²) in [5, 5.41) is 8.52. The lowest BCUT2D eigenvalue weighted by molar-refractivity contribution is -0.117. The average molecular weight is 167 g/mol. The second-order valence-corrected chi connectivity index (χ2v) is 3.61. The zero-order valence-corrected chi connectivity index (χ0v) is 8.13. The first-order chi connectivity index (χ1) is 5.57. The van der Waals surface area contributed by atoms with Crippen molar-refractivity contribution in [3.8, 4) is 6.07 Å². The molecule has 0 bridgehead atoms. The lowest BCUT2D eigenvalue weighted by atomic mass is 9.88. The first-order valence-electron chi connectivity index (χ1n) is 4.44. The van der Waals surface area contributed by atoms with Crippen LogP contribution < -0.4 is 0 Å². The Morgan fingerprint density at radius 2 is 2.08 bits per heavy atom. The van der Waals surface area contributed by atoms with Crippen molar-refractivity contribution in [3.05, 3.63) is 0 Å². The SMILES string of the molecule is CC(=O)CCC(CC#N)C(C)C. The molecule has 0 aromatic carbocycles. The standard InChI is InChI=1S/C10H17NO/c1-8(2)10(6-7-11)5-4-9(3)12/h8,10H,4-6H2,1-3H3. The Kier molecular flexibility index (Phi) is 5.36. The predicted octanol–water partition coefficient (Wildman–Crippen LogP) is 2.54. The molecule has 0 saturated carbocycles. The van der Waals surface area contributed by atoms with Gasteiger partial charge >= 0.3 is 0 Å². The molecule has 0 radical (unpaired) electrons. The van der Waals surface area contributed by atoms with Crippen molar-refractivity contribution >= 4 is 5.78 Å². The minimum absolute atomic E-state index is 0.221. The largest absolute Gasteiger partial charge is 0.300 e. The molecule has 68 valence electrons. The van der Waals surface area contributed by atoms with E-state index in [2.05, 4.69) is 19.9 Å². The van der Waals surface area contributed by atoms with E-state index in [0.29, 0.717) is 24.7 Å². The van der Waals surface area contributed by atoms with Crippen LogP contribution in [0, 0.1) is 23.2 Å². The van der Waals surface area contributed by atoms with E-state index in [9.17, 15) is 4.79 Å². The molecule has 2 heteroatoms. The van der Waals surface area contributed by atoms with Gasteiger partial charge in [0.1, 0.15) is 5.78 Å². The Morgan fingerprint density at radius 3 is 2.42 bits per heavy atom. The molecule has 0 saturated heterocycles. The van der Waals surface area contributed by atoms with Gasteiger partial charge in [0.05, 0.1) is 6.07 Å². The van der Waals surface area contributed by atoms with E-state index >= 15 is 0 Å². The summed E-state index contributed by atoms with van der Waals surface area (Å²) in [6.07, 6.45) is 2.05. The van der Waals surface area contributed by atoms with Gasteiger partial charge in [0.2, 0.25) is 0 Å². The van der Waals surface area contributed by atoms with E-state index in [4.69, 9.17) is 5.26 Å². The van der Waals surface area contributed by atoms with E-state index in [1.807, 2.05) is 0 Å². The minimum atomic E-state index is 0.221. The molecule has 0 aliphatic rings. The maximum absolute atomic E-state index is 10.7. The molecule has 0 aliphatic heterocycles. The highest BCUT2D eigenvalue weighted by molar-refractivity contribution is 5.75. The van der Waals surface area contributed by atoms with Gasteiger partial charge in [-0.3, -0.25) is 0 Å². The molecule has 0 N–H and O–H groups in total. The van der Waals surface area contributed by atoms with Crippen molar-refractivity contribution in [2.45, 2.75) is 40.0 Å². The average Bonchev–Trinajstić information content (AvgIpc) is 1.96. The number of carbonyl (C=O) groups is 1. The van der Waals surface area contributed by atoms with Crippen molar-refractivity contribution in [2.75, 3.05) is 0 Å². The molecule has 0 aromatic rings. The lowest BCUT2D eigenvalue weighted by Crippen LogP contribution is -2.09. The summed E-state index contributed by atoms with van der Waals surface area (Å²) in [6.45, 7) is 5.80. The third-order valence-electron chi connectivity index (χ3n) is 2.16. The summed E-state index contributed by atoms with van der Waals surface area (Å²) < 4.78 is 0. The molecular formula is C10H17NO. The maximum Gasteiger partial charge on any atom is 0.129 e. The first-order valence-corrected chi connectivity index (χ1v) is 4.44. The molecule has 0 amide bonds. The van der Waals surface area contributed by atoms with E-state index in [1.165, 1.54) is 0 Å². The van der Waals surface area contributed by atoms with Crippen LogP contribution in [0.15, 0.2) is 0 Å². The summed E-state index contributed by atoms with van der Waals surface area (Å²) in [5.74, 6) is 1.11. The smallest absolute Gasteiger partial charge is 0.129 e. The summed E-state index contributed by atoms with van der Waals surface area (Å²) in [7, 11) is 0. The van der Waals surface area contributed by atoms with Crippen LogP contribution >= 0.6 is 0 Å². The third kappa shape index (κ3) is 4.90. The quantitative estimate of drug-likeness (QED) is 0.631. The summed E-state index contributed by atoms with van der Waals surface area (Å²) in [6, 6.07) is 2.16. The number of ketones is 1. The summed E-state index contributed by atoms with van der Waals surface area (Å²) in [5.41, 5.74) is 0. The van der Waals surface area contributed by atoms with Crippen LogP contribution in [-0.4, -0.2) is 5.78 Å². The van der Waals surface area contributed by atoms with Crippen molar-refractivity contribution < 1.29 is 4.79 Å². The Balaban J connectivity index is 3.80. The van der Waals surface area contributed by atoms with Gasteiger partial charge in [-0.2, -0.15) is 5.26 Å². The van der Waals surface area contributed by atoms with E-state index in [0.717, 1.165) is 6.42 Å². The Labute approximate surface area is 74.6 Å². The highest BCUT2D eigenvalue weighted by atomic mass is 16.1. The zero-order valence-electron chi connectivity index (χ0n) is 8.13. The molecule has 2 nitrogen and oxygen atoms in total. The molecule has 12 heavy (non-hydrogen) atoms. The van der Waals surface area contributed by atoms with Crippen LogP contribution in [0.2, 0.25) is 0 Å². The van der Waals surface area contributed by atoms with E-state index < -0.39 is 0 Å². The van der Waals surface area contributed by atoms with Gasteiger partial charge in [0, 0.05) is 12.8 Å². The second kappa shape index (κ2) is 5.77. The Hall–Kier alpha value is -0.840. The summed E-state index contributed by atoms with van der Waals surface area (Å²) >= 11 is 0. The van der Waals surface area contributed by atoms with E-state index in [1.54, 1.807) is 6.92 Å². The third-order valence-corrected chi connectivity index (χ3v) is 2.16. The summed E-state index contributed by atoms with van der Waals surface area (Å²) in [4.78, 5) is 10.7. The number of hydrogen-bond donors (Lipinski definition) is 0. The molecule has 0 rings (SSSR count). The normalized spacial score (nSPS) is 12.6. The Morgan fingerprint density at radius 1 is 1.50 bits per heavy atom. The number of hydrogen-bond acceptors (Lipinski definition) is 2. The number of rotatable bonds is 5. The van der Waals surface area contributed by atoms with Crippen LogP contribution in [-0.2, 0) is 4.79 Å². The van der Waals surface area contributed by atoms with Gasteiger partial charge in [-0.1, -0.05) is 13.8 Å². The molecule has 1 atom stereocenters. The van der Waals surface area contributed by atoms with Gasteiger partial charge in [0.25, 0.3) is 0 Å². The number of nitriles is 1. The van der Waals surface area contributed by atoms with Crippen molar-refractivity contribution in [3.63, 3.8) is 0 Å². The number of Topliss-reactive ketones (excluding diaryl/α,β-unsaturated/α-hetero) is 1. The highest BCUT2D eigenvalue weighted by Gasteiger charge is 2.13. The molecule has 0 aromatic heterocycles. The van der Waals surface area contributed by atoms with Crippen LogP contribution in [0.25, 0.3) is 0 Å². The van der Waals surface area contributed by atoms with Crippen molar-refractivity contribution in [2.24, 2.45) is 11.8 Å². The van der Waals surface area contributed by atoms with Crippen molar-refractivity contribution in [1.29, 1.82) is 5.26 Å². The predicted molar refractivity (Wildman–Crippen MR) is 48.5 cm³/mol.